The van der Waals surface area contributed by atoms with Crippen molar-refractivity contribution in [3.05, 3.63) is 59.7 Å². The number of alkyl halides is 2. The maximum absolute atomic E-state index is 14.3. The zero-order valence-electron chi connectivity index (χ0n) is 16.7. The number of amides is 1. The second-order valence-corrected chi connectivity index (χ2v) is 9.33. The summed E-state index contributed by atoms with van der Waals surface area (Å²) in [6.07, 6.45) is -0.389. The normalized spacial score (nSPS) is 19.1. The van der Waals surface area contributed by atoms with Gasteiger partial charge in [0.2, 0.25) is 15.9 Å². The quantitative estimate of drug-likeness (QED) is 0.699. The molecular weight excluding hydrogens is 436 g/mol. The van der Waals surface area contributed by atoms with Crippen molar-refractivity contribution in [2.75, 3.05) is 19.3 Å². The van der Waals surface area contributed by atoms with Gasteiger partial charge in [0.25, 0.3) is 5.92 Å². The summed E-state index contributed by atoms with van der Waals surface area (Å²) in [4.78, 5) is 14.1. The van der Waals surface area contributed by atoms with Crippen molar-refractivity contribution < 1.29 is 30.8 Å². The van der Waals surface area contributed by atoms with E-state index >= 15 is 0 Å². The van der Waals surface area contributed by atoms with Crippen LogP contribution in [0.1, 0.15) is 18.4 Å². The third-order valence-corrected chi connectivity index (χ3v) is 5.93. The summed E-state index contributed by atoms with van der Waals surface area (Å²) in [6, 6.07) is 8.11. The van der Waals surface area contributed by atoms with Crippen LogP contribution < -0.4 is 4.72 Å². The van der Waals surface area contributed by atoms with Crippen LogP contribution in [0.15, 0.2) is 42.5 Å². The molecule has 2 aromatic carbocycles. The molecule has 0 spiro atoms. The maximum Gasteiger partial charge on any atom is 0.265 e. The van der Waals surface area contributed by atoms with Gasteiger partial charge in [0, 0.05) is 19.5 Å². The lowest BCUT2D eigenvalue weighted by molar-refractivity contribution is -0.130. The molecule has 1 fully saturated rings. The van der Waals surface area contributed by atoms with Crippen LogP contribution in [0.3, 0.4) is 0 Å². The third-order valence-electron chi connectivity index (χ3n) is 5.21. The van der Waals surface area contributed by atoms with Crippen LogP contribution >= 0.6 is 0 Å². The summed E-state index contributed by atoms with van der Waals surface area (Å²) in [7, 11) is -3.85. The zero-order chi connectivity index (χ0) is 22.8. The molecule has 0 saturated carbocycles. The van der Waals surface area contributed by atoms with E-state index in [1.54, 1.807) is 18.2 Å². The van der Waals surface area contributed by atoms with E-state index in [-0.39, 0.29) is 37.1 Å². The molecular formula is C21H22F4N2O3S. The Morgan fingerprint density at radius 3 is 2.39 bits per heavy atom. The number of halogens is 4. The minimum Gasteiger partial charge on any atom is -0.342 e. The van der Waals surface area contributed by atoms with Gasteiger partial charge in [-0.05, 0) is 29.7 Å². The number of carbonyl (C=O) groups is 1. The summed E-state index contributed by atoms with van der Waals surface area (Å²) in [5.41, 5.74) is 0.312. The molecule has 0 aliphatic carbocycles. The van der Waals surface area contributed by atoms with Gasteiger partial charge < -0.3 is 4.90 Å². The molecule has 0 aromatic heterocycles. The Kier molecular flexibility index (Phi) is 6.70. The summed E-state index contributed by atoms with van der Waals surface area (Å²) in [6.45, 7) is -0.332. The molecule has 5 nitrogen and oxygen atoms in total. The molecule has 10 heteroatoms. The van der Waals surface area contributed by atoms with E-state index in [2.05, 4.69) is 0 Å². The highest BCUT2D eigenvalue weighted by atomic mass is 32.2. The molecule has 1 N–H and O–H groups in total. The number of nitrogens with zero attached hydrogens (tertiary/aromatic N) is 1. The lowest BCUT2D eigenvalue weighted by atomic mass is 9.96. The van der Waals surface area contributed by atoms with Crippen molar-refractivity contribution in [1.82, 2.24) is 9.62 Å². The molecule has 1 saturated heterocycles. The highest BCUT2D eigenvalue weighted by molar-refractivity contribution is 7.88. The highest BCUT2D eigenvalue weighted by Gasteiger charge is 2.43. The largest absolute Gasteiger partial charge is 0.342 e. The molecule has 31 heavy (non-hydrogen) atoms. The molecule has 2 aromatic rings. The monoisotopic (exact) mass is 458 g/mol. The van der Waals surface area contributed by atoms with E-state index < -0.39 is 46.0 Å². The van der Waals surface area contributed by atoms with Crippen molar-refractivity contribution in [2.45, 2.75) is 31.2 Å². The number of benzene rings is 2. The molecule has 168 valence electrons. The van der Waals surface area contributed by atoms with E-state index in [0.29, 0.717) is 5.56 Å². The van der Waals surface area contributed by atoms with Crippen LogP contribution in [0.4, 0.5) is 17.6 Å². The van der Waals surface area contributed by atoms with E-state index in [4.69, 9.17) is 0 Å². The van der Waals surface area contributed by atoms with Crippen LogP contribution in [-0.2, 0) is 21.2 Å². The first-order chi connectivity index (χ1) is 14.5. The zero-order valence-corrected chi connectivity index (χ0v) is 17.6. The molecule has 1 aliphatic rings. The predicted molar refractivity (Wildman–Crippen MR) is 108 cm³/mol. The van der Waals surface area contributed by atoms with E-state index in [0.717, 1.165) is 18.4 Å². The van der Waals surface area contributed by atoms with Gasteiger partial charge in [-0.15, -0.1) is 0 Å². The standard InChI is InChI=1S/C21H22F4N2O3S/c1-31(29,30)26-18-9-11-27(12-10-21(18,24)25)19(28)13-14-5-2-3-6-15(14)20-16(22)7-4-8-17(20)23/h2-8,18,26H,9-13H2,1H3. The fraction of sp³-hybridized carbons (Fsp3) is 0.381. The molecule has 1 heterocycles. The summed E-state index contributed by atoms with van der Waals surface area (Å²) >= 11 is 0. The van der Waals surface area contributed by atoms with Crippen LogP contribution in [0.2, 0.25) is 0 Å². The molecule has 1 amide bonds. The van der Waals surface area contributed by atoms with Gasteiger partial charge >= 0.3 is 0 Å². The Balaban J connectivity index is 1.80. The van der Waals surface area contributed by atoms with Crippen LogP contribution in [0.5, 0.6) is 0 Å². The first-order valence-corrected chi connectivity index (χ1v) is 11.5. The Hall–Kier alpha value is -2.46. The van der Waals surface area contributed by atoms with Gasteiger partial charge in [-0.1, -0.05) is 30.3 Å². The highest BCUT2D eigenvalue weighted by Crippen LogP contribution is 2.31. The fourth-order valence-corrected chi connectivity index (χ4v) is 4.47. The van der Waals surface area contributed by atoms with Crippen LogP contribution in [-0.4, -0.2) is 50.5 Å². The summed E-state index contributed by atoms with van der Waals surface area (Å²) in [5.74, 6) is -5.35. The summed E-state index contributed by atoms with van der Waals surface area (Å²) < 4.78 is 81.9. The second-order valence-electron chi connectivity index (χ2n) is 7.55. The molecule has 1 unspecified atom stereocenters. The number of sulfonamides is 1. The van der Waals surface area contributed by atoms with Gasteiger partial charge in [0.05, 0.1) is 24.3 Å². The number of hydrogen-bond donors (Lipinski definition) is 1. The van der Waals surface area contributed by atoms with Crippen molar-refractivity contribution >= 4 is 15.9 Å². The van der Waals surface area contributed by atoms with Crippen molar-refractivity contribution in [2.24, 2.45) is 0 Å². The fourth-order valence-electron chi connectivity index (χ4n) is 3.67. The average Bonchev–Trinajstić information content (AvgIpc) is 2.80. The number of likely N-dealkylation sites (tertiary alicyclic amines) is 1. The summed E-state index contributed by atoms with van der Waals surface area (Å²) in [5, 5.41) is 0. The SMILES string of the molecule is CS(=O)(=O)NC1CCN(C(=O)Cc2ccccc2-c2c(F)cccc2F)CCC1(F)F. The van der Waals surface area contributed by atoms with Gasteiger partial charge in [-0.2, -0.15) is 0 Å². The van der Waals surface area contributed by atoms with Crippen LogP contribution in [0, 0.1) is 11.6 Å². The topological polar surface area (TPSA) is 66.5 Å². The second kappa shape index (κ2) is 8.96. The Morgan fingerprint density at radius 1 is 1.10 bits per heavy atom. The molecule has 0 bridgehead atoms. The lowest BCUT2D eigenvalue weighted by Gasteiger charge is -2.24. The molecule has 3 rings (SSSR count). The first kappa shape index (κ1) is 23.2. The van der Waals surface area contributed by atoms with Gasteiger partial charge in [-0.3, -0.25) is 4.79 Å². The van der Waals surface area contributed by atoms with Crippen molar-refractivity contribution in [1.29, 1.82) is 0 Å². The number of nitrogens with one attached hydrogen (secondary N) is 1. The number of rotatable bonds is 5. The molecule has 0 radical (unpaired) electrons. The minimum atomic E-state index is -3.85. The van der Waals surface area contributed by atoms with Gasteiger partial charge in [-0.25, -0.2) is 30.7 Å². The smallest absolute Gasteiger partial charge is 0.265 e. The van der Waals surface area contributed by atoms with Crippen LogP contribution in [0.25, 0.3) is 11.1 Å². The Morgan fingerprint density at radius 2 is 1.74 bits per heavy atom. The van der Waals surface area contributed by atoms with Crippen molar-refractivity contribution in [3.8, 4) is 11.1 Å². The maximum atomic E-state index is 14.3. The Bertz CT molecular complexity index is 1060. The first-order valence-electron chi connectivity index (χ1n) is 9.63. The molecule has 1 aliphatic heterocycles. The van der Waals surface area contributed by atoms with Gasteiger partial charge in [0.15, 0.2) is 0 Å². The number of hydrogen-bond acceptors (Lipinski definition) is 3. The third kappa shape index (κ3) is 5.62. The molecule has 1 atom stereocenters. The predicted octanol–water partition coefficient (Wildman–Crippen LogP) is 3.35. The van der Waals surface area contributed by atoms with Crippen molar-refractivity contribution in [3.63, 3.8) is 0 Å². The van der Waals surface area contributed by atoms with E-state index in [1.807, 2.05) is 4.72 Å². The van der Waals surface area contributed by atoms with E-state index in [9.17, 15) is 30.8 Å². The Labute approximate surface area is 178 Å². The minimum absolute atomic E-state index is 0.0716. The van der Waals surface area contributed by atoms with E-state index in [1.165, 1.54) is 17.0 Å². The van der Waals surface area contributed by atoms with Gasteiger partial charge in [0.1, 0.15) is 11.6 Å². The lowest BCUT2D eigenvalue weighted by Crippen LogP contribution is -2.47. The average molecular weight is 458 g/mol. The number of carbonyl (C=O) groups excluding carboxylic acids is 1.